The quantitative estimate of drug-likeness (QED) is 0.416. The molecule has 0 saturated carbocycles. The van der Waals surface area contributed by atoms with E-state index in [9.17, 15) is 9.50 Å². The van der Waals surface area contributed by atoms with Gasteiger partial charge in [0.15, 0.2) is 0 Å². The normalized spacial score (nSPS) is 16.7. The lowest BCUT2D eigenvalue weighted by molar-refractivity contribution is 0.176. The Kier molecular flexibility index (Phi) is 7.92. The fourth-order valence-corrected chi connectivity index (χ4v) is 4.17. The second kappa shape index (κ2) is 11.5. The minimum Gasteiger partial charge on any atom is -0.508 e. The number of allylic oxidation sites excluding steroid dienone is 4. The van der Waals surface area contributed by atoms with E-state index in [2.05, 4.69) is 29.3 Å². The summed E-state index contributed by atoms with van der Waals surface area (Å²) in [6.07, 6.45) is 10.2. The second-order valence-corrected chi connectivity index (χ2v) is 8.49. The van der Waals surface area contributed by atoms with Crippen LogP contribution >= 0.6 is 0 Å². The number of methoxy groups -OCH3 is 1. The van der Waals surface area contributed by atoms with Crippen LogP contribution in [-0.2, 0) is 17.8 Å². The average Bonchev–Trinajstić information content (AvgIpc) is 2.88. The molecule has 0 radical (unpaired) electrons. The fraction of sp³-hybridized carbons (Fsp3) is 0.241. The first-order chi connectivity index (χ1) is 17.1. The predicted octanol–water partition coefficient (Wildman–Crippen LogP) is 5.98. The number of phenolic OH excluding ortho intramolecular Hbond substituents is 1. The van der Waals surface area contributed by atoms with Crippen LogP contribution in [0.5, 0.6) is 11.6 Å². The van der Waals surface area contributed by atoms with Gasteiger partial charge in [0.2, 0.25) is 5.88 Å². The van der Waals surface area contributed by atoms with Crippen molar-refractivity contribution in [2.75, 3.05) is 13.7 Å². The lowest BCUT2D eigenvalue weighted by atomic mass is 9.82. The largest absolute Gasteiger partial charge is 0.508 e. The fourth-order valence-electron chi connectivity index (χ4n) is 4.17. The maximum Gasteiger partial charge on any atom is 0.214 e. The number of nitriles is 1. The van der Waals surface area contributed by atoms with Crippen LogP contribution in [0.15, 0.2) is 78.9 Å². The topological polar surface area (TPSA) is 75.4 Å². The highest BCUT2D eigenvalue weighted by atomic mass is 19.1. The summed E-state index contributed by atoms with van der Waals surface area (Å²) in [6, 6.07) is 17.1. The molecule has 5 nitrogen and oxygen atoms in total. The van der Waals surface area contributed by atoms with Gasteiger partial charge in [0, 0.05) is 30.9 Å². The van der Waals surface area contributed by atoms with E-state index in [0.29, 0.717) is 35.6 Å². The molecule has 1 N–H and O–H groups in total. The molecule has 0 fully saturated rings. The summed E-state index contributed by atoms with van der Waals surface area (Å²) in [4.78, 5) is 4.51. The van der Waals surface area contributed by atoms with E-state index in [4.69, 9.17) is 14.7 Å². The third-order valence-corrected chi connectivity index (χ3v) is 6.15. The van der Waals surface area contributed by atoms with Crippen molar-refractivity contribution in [1.82, 2.24) is 4.98 Å². The molecule has 2 aromatic carbocycles. The first-order valence-corrected chi connectivity index (χ1v) is 11.5. The van der Waals surface area contributed by atoms with E-state index in [-0.39, 0.29) is 17.9 Å². The van der Waals surface area contributed by atoms with E-state index >= 15 is 0 Å². The zero-order valence-corrected chi connectivity index (χ0v) is 19.5. The number of hydrogen-bond acceptors (Lipinski definition) is 5. The first kappa shape index (κ1) is 24.2. The maximum atomic E-state index is 14.1. The highest BCUT2D eigenvalue weighted by Gasteiger charge is 2.20. The van der Waals surface area contributed by atoms with Crippen molar-refractivity contribution >= 4 is 0 Å². The molecule has 6 heteroatoms. The van der Waals surface area contributed by atoms with Crippen molar-refractivity contribution < 1.29 is 19.0 Å². The van der Waals surface area contributed by atoms with Crippen molar-refractivity contribution in [3.8, 4) is 29.0 Å². The van der Waals surface area contributed by atoms with Gasteiger partial charge >= 0.3 is 0 Å². The zero-order valence-electron chi connectivity index (χ0n) is 19.5. The zero-order chi connectivity index (χ0) is 24.6. The number of hydrogen-bond donors (Lipinski definition) is 1. The molecular formula is C29H27FN2O3. The molecule has 2 unspecified atom stereocenters. The molecule has 0 saturated heterocycles. The number of rotatable bonds is 9. The molecule has 1 aliphatic carbocycles. The summed E-state index contributed by atoms with van der Waals surface area (Å²) in [7, 11) is 1.71. The minimum atomic E-state index is -0.492. The van der Waals surface area contributed by atoms with Gasteiger partial charge in [-0.1, -0.05) is 48.6 Å². The number of aromatic hydroxyl groups is 1. The minimum absolute atomic E-state index is 0.00816. The number of ether oxygens (including phenoxy) is 2. The Morgan fingerprint density at radius 3 is 2.57 bits per heavy atom. The lowest BCUT2D eigenvalue weighted by Gasteiger charge is -2.24. The van der Waals surface area contributed by atoms with Crippen molar-refractivity contribution in [3.05, 3.63) is 101 Å². The Labute approximate surface area is 204 Å². The van der Waals surface area contributed by atoms with Gasteiger partial charge in [-0.2, -0.15) is 5.26 Å². The third-order valence-electron chi connectivity index (χ3n) is 6.15. The van der Waals surface area contributed by atoms with Gasteiger partial charge in [-0.3, -0.25) is 0 Å². The molecule has 1 aromatic heterocycles. The number of pyridine rings is 1. The molecule has 0 spiro atoms. The SMILES string of the molecule is COCCC1C=CC=CC1Cc1ccc(-c2cccc(OCc3ccc(C#N)cc3F)n2)cc1O. The first-order valence-electron chi connectivity index (χ1n) is 11.5. The molecule has 4 rings (SSSR count). The molecule has 2 atom stereocenters. The van der Waals surface area contributed by atoms with Crippen LogP contribution in [-0.4, -0.2) is 23.8 Å². The summed E-state index contributed by atoms with van der Waals surface area (Å²) in [6.45, 7) is 0.692. The van der Waals surface area contributed by atoms with Gasteiger partial charge < -0.3 is 14.6 Å². The number of phenols is 1. The lowest BCUT2D eigenvalue weighted by Crippen LogP contribution is -2.17. The van der Waals surface area contributed by atoms with Crippen LogP contribution < -0.4 is 4.74 Å². The van der Waals surface area contributed by atoms with Crippen LogP contribution in [0.3, 0.4) is 0 Å². The Bertz CT molecular complexity index is 1280. The monoisotopic (exact) mass is 470 g/mol. The van der Waals surface area contributed by atoms with Gasteiger partial charge in [-0.15, -0.1) is 0 Å². The summed E-state index contributed by atoms with van der Waals surface area (Å²) >= 11 is 0. The average molecular weight is 471 g/mol. The number of aromatic nitrogens is 1. The van der Waals surface area contributed by atoms with Crippen molar-refractivity contribution in [2.45, 2.75) is 19.4 Å². The Morgan fingerprint density at radius 1 is 1.03 bits per heavy atom. The molecule has 1 aliphatic rings. The Balaban J connectivity index is 1.45. The van der Waals surface area contributed by atoms with Gasteiger partial charge in [0.05, 0.1) is 17.3 Å². The summed E-state index contributed by atoms with van der Waals surface area (Å²) in [5, 5.41) is 19.6. The van der Waals surface area contributed by atoms with Crippen LogP contribution in [0.2, 0.25) is 0 Å². The highest BCUT2D eigenvalue weighted by Crippen LogP contribution is 2.32. The van der Waals surface area contributed by atoms with Crippen LogP contribution in [0.25, 0.3) is 11.3 Å². The summed E-state index contributed by atoms with van der Waals surface area (Å²) < 4.78 is 25.1. The van der Waals surface area contributed by atoms with Gasteiger partial charge in [-0.25, -0.2) is 9.37 Å². The van der Waals surface area contributed by atoms with Crippen LogP contribution in [0, 0.1) is 29.0 Å². The predicted molar refractivity (Wildman–Crippen MR) is 132 cm³/mol. The van der Waals surface area contributed by atoms with Gasteiger partial charge in [0.1, 0.15) is 18.2 Å². The Hall–Kier alpha value is -3.95. The molecule has 35 heavy (non-hydrogen) atoms. The van der Waals surface area contributed by atoms with E-state index in [1.54, 1.807) is 31.4 Å². The maximum absolute atomic E-state index is 14.1. The van der Waals surface area contributed by atoms with Crippen LogP contribution in [0.1, 0.15) is 23.1 Å². The van der Waals surface area contributed by atoms with Crippen molar-refractivity contribution in [1.29, 1.82) is 5.26 Å². The van der Waals surface area contributed by atoms with E-state index in [1.807, 2.05) is 24.3 Å². The number of benzene rings is 2. The standard InChI is InChI=1S/C29H27FN2O3/c1-34-14-13-21-5-2-3-6-22(21)16-24-12-11-23(17-28(24)33)27-7-4-8-29(32-27)35-19-25-10-9-20(18-31)15-26(25)30/h2-12,15,17,21-22,33H,13-14,16,19H2,1H3. The smallest absolute Gasteiger partial charge is 0.214 e. The Morgan fingerprint density at radius 2 is 1.83 bits per heavy atom. The van der Waals surface area contributed by atoms with Gasteiger partial charge in [-0.05, 0) is 54.5 Å². The molecule has 178 valence electrons. The summed E-state index contributed by atoms with van der Waals surface area (Å²) in [5.41, 5.74) is 2.88. The molecular weight excluding hydrogens is 443 g/mol. The molecule has 1 heterocycles. The highest BCUT2D eigenvalue weighted by molar-refractivity contribution is 5.63. The van der Waals surface area contributed by atoms with Crippen molar-refractivity contribution in [2.24, 2.45) is 11.8 Å². The summed E-state index contributed by atoms with van der Waals surface area (Å²) in [5.74, 6) is 0.743. The number of nitrogens with zero attached hydrogens (tertiary/aromatic N) is 2. The molecule has 0 amide bonds. The van der Waals surface area contributed by atoms with E-state index in [0.717, 1.165) is 24.0 Å². The van der Waals surface area contributed by atoms with Crippen molar-refractivity contribution in [3.63, 3.8) is 0 Å². The van der Waals surface area contributed by atoms with Crippen LogP contribution in [0.4, 0.5) is 4.39 Å². The second-order valence-electron chi connectivity index (χ2n) is 8.49. The number of halogens is 1. The molecule has 0 bridgehead atoms. The van der Waals surface area contributed by atoms with Gasteiger partial charge in [0.25, 0.3) is 0 Å². The van der Waals surface area contributed by atoms with E-state index in [1.165, 1.54) is 12.1 Å². The third kappa shape index (κ3) is 6.14. The van der Waals surface area contributed by atoms with E-state index < -0.39 is 5.82 Å². The molecule has 3 aromatic rings. The molecule has 0 aliphatic heterocycles.